The number of sulfonamides is 1. The number of hydrogen-bond acceptors (Lipinski definition) is 6. The second-order valence-electron chi connectivity index (χ2n) is 8.55. The van der Waals surface area contributed by atoms with Gasteiger partial charge in [-0.3, -0.25) is 0 Å². The lowest BCUT2D eigenvalue weighted by molar-refractivity contribution is 0.114. The van der Waals surface area contributed by atoms with E-state index >= 15 is 0 Å². The molecule has 0 spiro atoms. The Balaban J connectivity index is 1.51. The maximum atomic E-state index is 13.1. The highest BCUT2D eigenvalue weighted by atomic mass is 35.5. The number of rotatable bonds is 7. The van der Waals surface area contributed by atoms with E-state index in [0.717, 1.165) is 29.3 Å². The van der Waals surface area contributed by atoms with E-state index in [4.69, 9.17) is 16.3 Å². The molecule has 9 heteroatoms. The Bertz CT molecular complexity index is 1490. The molecule has 2 heterocycles. The lowest BCUT2D eigenvalue weighted by Crippen LogP contribution is -2.32. The minimum Gasteiger partial charge on any atom is -0.377 e. The van der Waals surface area contributed by atoms with E-state index in [1.807, 2.05) is 48.5 Å². The van der Waals surface area contributed by atoms with Gasteiger partial charge in [-0.05, 0) is 49.6 Å². The highest BCUT2D eigenvalue weighted by Gasteiger charge is 2.23. The van der Waals surface area contributed by atoms with E-state index in [1.165, 1.54) is 0 Å². The van der Waals surface area contributed by atoms with Crippen molar-refractivity contribution in [2.45, 2.75) is 30.8 Å². The molecule has 5 rings (SSSR count). The molecule has 1 aliphatic rings. The van der Waals surface area contributed by atoms with Crippen LogP contribution in [0.3, 0.4) is 0 Å². The average Bonchev–Trinajstić information content (AvgIpc) is 3.37. The smallest absolute Gasteiger partial charge is 0.240 e. The number of nitrogens with zero attached hydrogens (tertiary/aromatic N) is 2. The van der Waals surface area contributed by atoms with Crippen molar-refractivity contribution >= 4 is 43.9 Å². The van der Waals surface area contributed by atoms with Crippen molar-refractivity contribution in [3.63, 3.8) is 0 Å². The van der Waals surface area contributed by atoms with Gasteiger partial charge in [0.15, 0.2) is 5.82 Å². The van der Waals surface area contributed by atoms with Gasteiger partial charge in [-0.2, -0.15) is 0 Å². The topological polar surface area (TPSA) is 93.2 Å². The predicted molar refractivity (Wildman–Crippen MR) is 139 cm³/mol. The molecular weight excluding hydrogens is 484 g/mol. The van der Waals surface area contributed by atoms with Crippen LogP contribution in [0, 0.1) is 6.92 Å². The monoisotopic (exact) mass is 508 g/mol. The second kappa shape index (κ2) is 9.91. The van der Waals surface area contributed by atoms with Gasteiger partial charge in [-0.15, -0.1) is 10.2 Å². The average molecular weight is 509 g/mol. The summed E-state index contributed by atoms with van der Waals surface area (Å²) in [4.78, 5) is 0.222. The molecule has 1 saturated heterocycles. The number of benzene rings is 3. The van der Waals surface area contributed by atoms with Gasteiger partial charge in [0.1, 0.15) is 5.69 Å². The molecule has 1 aliphatic heterocycles. The van der Waals surface area contributed by atoms with Crippen molar-refractivity contribution in [1.29, 1.82) is 0 Å². The van der Waals surface area contributed by atoms with Gasteiger partial charge in [-0.1, -0.05) is 54.1 Å². The number of halogens is 1. The Kier molecular flexibility index (Phi) is 6.71. The zero-order chi connectivity index (χ0) is 24.4. The summed E-state index contributed by atoms with van der Waals surface area (Å²) in [5.41, 5.74) is 2.73. The summed E-state index contributed by atoms with van der Waals surface area (Å²) in [6.07, 6.45) is 1.73. The summed E-state index contributed by atoms with van der Waals surface area (Å²) in [6, 6.07) is 20.5. The molecule has 1 atom stereocenters. The van der Waals surface area contributed by atoms with E-state index in [0.29, 0.717) is 34.3 Å². The van der Waals surface area contributed by atoms with Crippen LogP contribution in [0.5, 0.6) is 0 Å². The first kappa shape index (κ1) is 23.7. The molecule has 0 saturated carbocycles. The fourth-order valence-corrected chi connectivity index (χ4v) is 5.76. The van der Waals surface area contributed by atoms with Crippen LogP contribution in [0.1, 0.15) is 18.4 Å². The van der Waals surface area contributed by atoms with Crippen LogP contribution < -0.4 is 10.0 Å². The zero-order valence-electron chi connectivity index (χ0n) is 19.2. The number of aryl methyl sites for hydroxylation is 1. The summed E-state index contributed by atoms with van der Waals surface area (Å²) < 4.78 is 34.5. The SMILES string of the molecule is Cc1ccc(-c2nnc(Nc3cccc(Cl)c3)c3ccccc23)cc1S(=O)(=O)NC[C@@H]1CCCO1. The van der Waals surface area contributed by atoms with E-state index in [9.17, 15) is 8.42 Å². The van der Waals surface area contributed by atoms with Crippen LogP contribution in [0.2, 0.25) is 5.02 Å². The van der Waals surface area contributed by atoms with Gasteiger partial charge in [0.05, 0.1) is 11.0 Å². The summed E-state index contributed by atoms with van der Waals surface area (Å²) in [5.74, 6) is 0.588. The Hall–Kier alpha value is -3.04. The normalized spacial score (nSPS) is 16.0. The molecular formula is C26H25ClN4O3S. The minimum atomic E-state index is -3.72. The molecule has 0 aliphatic carbocycles. The highest BCUT2D eigenvalue weighted by Crippen LogP contribution is 2.33. The minimum absolute atomic E-state index is 0.0809. The van der Waals surface area contributed by atoms with Crippen molar-refractivity contribution in [3.05, 3.63) is 77.3 Å². The molecule has 180 valence electrons. The third kappa shape index (κ3) is 5.16. The van der Waals surface area contributed by atoms with Crippen molar-refractivity contribution < 1.29 is 13.2 Å². The maximum absolute atomic E-state index is 13.1. The molecule has 0 radical (unpaired) electrons. The molecule has 0 amide bonds. The molecule has 1 aromatic heterocycles. The van der Waals surface area contributed by atoms with E-state index in [2.05, 4.69) is 20.2 Å². The molecule has 7 nitrogen and oxygen atoms in total. The maximum Gasteiger partial charge on any atom is 0.240 e. The molecule has 1 fully saturated rings. The number of anilines is 2. The fraction of sp³-hybridized carbons (Fsp3) is 0.231. The standard InChI is InChI=1S/C26H25ClN4O3S/c1-17-11-12-18(14-24(17)35(32,33)28-16-21-8-5-13-34-21)25-22-9-2-3-10-23(22)26(31-30-25)29-20-7-4-6-19(27)15-20/h2-4,6-7,9-12,14-15,21,28H,5,8,13,16H2,1H3,(H,29,31)/t21-/m0/s1. The predicted octanol–water partition coefficient (Wildman–Crippen LogP) is 5.46. The molecule has 4 aromatic rings. The Labute approximate surface area is 209 Å². The summed E-state index contributed by atoms with van der Waals surface area (Å²) in [5, 5.41) is 14.5. The van der Waals surface area contributed by atoms with Crippen LogP contribution in [0.25, 0.3) is 22.0 Å². The third-order valence-electron chi connectivity index (χ3n) is 6.05. The second-order valence-corrected chi connectivity index (χ2v) is 10.7. The molecule has 35 heavy (non-hydrogen) atoms. The van der Waals surface area contributed by atoms with Crippen molar-refractivity contribution in [2.75, 3.05) is 18.5 Å². The van der Waals surface area contributed by atoms with Crippen LogP contribution in [0.15, 0.2) is 71.6 Å². The number of aromatic nitrogens is 2. The summed E-state index contributed by atoms with van der Waals surface area (Å²) >= 11 is 6.12. The van der Waals surface area contributed by atoms with Crippen molar-refractivity contribution in [1.82, 2.24) is 14.9 Å². The van der Waals surface area contributed by atoms with Crippen molar-refractivity contribution in [3.8, 4) is 11.3 Å². The quantitative estimate of drug-likeness (QED) is 0.344. The van der Waals surface area contributed by atoms with Crippen molar-refractivity contribution in [2.24, 2.45) is 0 Å². The Morgan fingerprint density at radius 1 is 1.03 bits per heavy atom. The summed E-state index contributed by atoms with van der Waals surface area (Å²) in [6.45, 7) is 2.72. The van der Waals surface area contributed by atoms with Gasteiger partial charge in [0.2, 0.25) is 10.0 Å². The van der Waals surface area contributed by atoms with Gasteiger partial charge >= 0.3 is 0 Å². The number of nitrogens with one attached hydrogen (secondary N) is 2. The lowest BCUT2D eigenvalue weighted by Gasteiger charge is -2.15. The van der Waals surface area contributed by atoms with Gasteiger partial charge in [0, 0.05) is 40.2 Å². The molecule has 3 aromatic carbocycles. The lowest BCUT2D eigenvalue weighted by atomic mass is 10.0. The largest absolute Gasteiger partial charge is 0.377 e. The van der Waals surface area contributed by atoms with E-state index < -0.39 is 10.0 Å². The first-order chi connectivity index (χ1) is 16.9. The number of hydrogen-bond donors (Lipinski definition) is 2. The fourth-order valence-electron chi connectivity index (χ4n) is 4.24. The molecule has 2 N–H and O–H groups in total. The van der Waals surface area contributed by atoms with Gasteiger partial charge < -0.3 is 10.1 Å². The highest BCUT2D eigenvalue weighted by molar-refractivity contribution is 7.89. The zero-order valence-corrected chi connectivity index (χ0v) is 20.7. The number of ether oxygens (including phenoxy) is 1. The van der Waals surface area contributed by atoms with Crippen LogP contribution in [-0.2, 0) is 14.8 Å². The Morgan fingerprint density at radius 2 is 1.86 bits per heavy atom. The van der Waals surface area contributed by atoms with E-state index in [1.54, 1.807) is 25.1 Å². The van der Waals surface area contributed by atoms with Crippen LogP contribution in [0.4, 0.5) is 11.5 Å². The Morgan fingerprint density at radius 3 is 2.63 bits per heavy atom. The first-order valence-electron chi connectivity index (χ1n) is 11.4. The molecule has 0 unspecified atom stereocenters. The van der Waals surface area contributed by atoms with Crippen LogP contribution in [-0.4, -0.2) is 37.9 Å². The van der Waals surface area contributed by atoms with Crippen LogP contribution >= 0.6 is 11.6 Å². The number of fused-ring (bicyclic) bond motifs is 1. The van der Waals surface area contributed by atoms with Gasteiger partial charge in [0.25, 0.3) is 0 Å². The first-order valence-corrected chi connectivity index (χ1v) is 13.3. The molecule has 0 bridgehead atoms. The third-order valence-corrected chi connectivity index (χ3v) is 7.85. The summed E-state index contributed by atoms with van der Waals surface area (Å²) in [7, 11) is -3.72. The van der Waals surface area contributed by atoms with E-state index in [-0.39, 0.29) is 17.5 Å². The van der Waals surface area contributed by atoms with Gasteiger partial charge in [-0.25, -0.2) is 13.1 Å².